The molecule has 0 spiro atoms. The maximum atomic E-state index is 11.3. The maximum absolute atomic E-state index is 11.3. The zero-order valence-corrected chi connectivity index (χ0v) is 9.25. The summed E-state index contributed by atoms with van der Waals surface area (Å²) in [5.41, 5.74) is 1.32. The van der Waals surface area contributed by atoms with Gasteiger partial charge in [0.05, 0.1) is 23.6 Å². The van der Waals surface area contributed by atoms with Crippen molar-refractivity contribution in [1.82, 2.24) is 15.0 Å². The van der Waals surface area contributed by atoms with E-state index in [1.54, 1.807) is 41.1 Å². The fourth-order valence-electron chi connectivity index (χ4n) is 1.15. The number of para-hydroxylation sites is 1. The second kappa shape index (κ2) is 3.87. The minimum atomic E-state index is -0.0181. The monoisotopic (exact) mass is 299 g/mol. The van der Waals surface area contributed by atoms with E-state index in [1.165, 1.54) is 4.80 Å². The molecule has 0 aliphatic rings. The highest BCUT2D eigenvalue weighted by Crippen LogP contribution is 2.15. The molecule has 0 aliphatic carbocycles. The van der Waals surface area contributed by atoms with Gasteiger partial charge in [0.15, 0.2) is 0 Å². The molecule has 1 heterocycles. The Morgan fingerprint density at radius 2 is 1.86 bits per heavy atom. The second-order valence-electron chi connectivity index (χ2n) is 2.61. The van der Waals surface area contributed by atoms with E-state index in [9.17, 15) is 4.79 Å². The average Bonchev–Trinajstić information content (AvgIpc) is 2.70. The van der Waals surface area contributed by atoms with Crippen molar-refractivity contribution in [3.05, 3.63) is 42.2 Å². The molecule has 0 radical (unpaired) electrons. The molecule has 0 unspecified atom stereocenters. The Bertz CT molecular complexity index is 453. The van der Waals surface area contributed by atoms with Gasteiger partial charge in [-0.3, -0.25) is 4.79 Å². The summed E-state index contributed by atoms with van der Waals surface area (Å²) in [4.78, 5) is 12.7. The first-order valence-corrected chi connectivity index (χ1v) is 5.02. The van der Waals surface area contributed by atoms with Gasteiger partial charge in [0.1, 0.15) is 0 Å². The van der Waals surface area contributed by atoms with Crippen LogP contribution >= 0.6 is 22.6 Å². The fourth-order valence-corrected chi connectivity index (χ4v) is 1.61. The molecule has 70 valence electrons. The number of halogens is 1. The summed E-state index contributed by atoms with van der Waals surface area (Å²) in [5, 5.41) is 7.96. The molecule has 0 aliphatic heterocycles. The van der Waals surface area contributed by atoms with Gasteiger partial charge in [-0.25, -0.2) is 0 Å². The van der Waals surface area contributed by atoms with Crippen LogP contribution in [0.5, 0.6) is 0 Å². The van der Waals surface area contributed by atoms with E-state index < -0.39 is 0 Å². The fraction of sp³-hybridized carbons (Fsp3) is 0. The molecule has 14 heavy (non-hydrogen) atoms. The van der Waals surface area contributed by atoms with Crippen LogP contribution in [0.15, 0.2) is 36.7 Å². The highest BCUT2D eigenvalue weighted by molar-refractivity contribution is 14.1. The molecule has 1 aromatic carbocycles. The van der Waals surface area contributed by atoms with Crippen molar-refractivity contribution in [3.63, 3.8) is 0 Å². The number of rotatable bonds is 2. The molecule has 4 nitrogen and oxygen atoms in total. The summed E-state index contributed by atoms with van der Waals surface area (Å²) in [5.74, 6) is 0. The van der Waals surface area contributed by atoms with E-state index in [1.807, 2.05) is 18.2 Å². The zero-order chi connectivity index (χ0) is 9.97. The molecule has 2 aromatic rings. The van der Waals surface area contributed by atoms with Gasteiger partial charge in [-0.05, 0) is 12.1 Å². The number of hydrogen-bond acceptors (Lipinski definition) is 3. The molecule has 0 saturated carbocycles. The van der Waals surface area contributed by atoms with Crippen molar-refractivity contribution in [1.29, 1.82) is 0 Å². The smallest absolute Gasteiger partial charge is 0.224 e. The molecule has 2 rings (SSSR count). The topological polar surface area (TPSA) is 47.8 Å². The zero-order valence-electron chi connectivity index (χ0n) is 7.09. The van der Waals surface area contributed by atoms with Gasteiger partial charge >= 0.3 is 0 Å². The summed E-state index contributed by atoms with van der Waals surface area (Å²) in [6.45, 7) is 0. The van der Waals surface area contributed by atoms with Gasteiger partial charge in [-0.2, -0.15) is 15.0 Å². The van der Waals surface area contributed by atoms with E-state index in [2.05, 4.69) is 10.2 Å². The average molecular weight is 299 g/mol. The van der Waals surface area contributed by atoms with Crippen LogP contribution in [0, 0.1) is 0 Å². The Morgan fingerprint density at radius 1 is 1.21 bits per heavy atom. The molecule has 0 N–H and O–H groups in total. The van der Waals surface area contributed by atoms with Crippen molar-refractivity contribution in [2.45, 2.75) is 0 Å². The Balaban J connectivity index is 2.58. The molecular weight excluding hydrogens is 293 g/mol. The van der Waals surface area contributed by atoms with Crippen LogP contribution in [-0.2, 0) is 0 Å². The third-order valence-corrected chi connectivity index (χ3v) is 2.33. The van der Waals surface area contributed by atoms with Crippen LogP contribution in [0.2, 0.25) is 0 Å². The lowest BCUT2D eigenvalue weighted by Gasteiger charge is -2.03. The predicted molar refractivity (Wildman–Crippen MR) is 59.7 cm³/mol. The normalized spacial score (nSPS) is 10.1. The maximum Gasteiger partial charge on any atom is 0.224 e. The summed E-state index contributed by atoms with van der Waals surface area (Å²) in [6.07, 6.45) is 3.16. The van der Waals surface area contributed by atoms with E-state index >= 15 is 0 Å². The Kier molecular flexibility index (Phi) is 2.58. The molecular formula is C9H6IN3O. The first-order chi connectivity index (χ1) is 6.79. The van der Waals surface area contributed by atoms with E-state index in [0.717, 1.165) is 0 Å². The van der Waals surface area contributed by atoms with E-state index in [0.29, 0.717) is 11.3 Å². The third kappa shape index (κ3) is 1.67. The van der Waals surface area contributed by atoms with Crippen LogP contribution in [-0.4, -0.2) is 18.8 Å². The van der Waals surface area contributed by atoms with Gasteiger partial charge in [0.25, 0.3) is 0 Å². The van der Waals surface area contributed by atoms with Crippen molar-refractivity contribution in [2.24, 2.45) is 0 Å². The quantitative estimate of drug-likeness (QED) is 0.628. The predicted octanol–water partition coefficient (Wildman–Crippen LogP) is 1.84. The van der Waals surface area contributed by atoms with Crippen molar-refractivity contribution in [3.8, 4) is 5.69 Å². The van der Waals surface area contributed by atoms with E-state index in [-0.39, 0.29) is 3.79 Å². The molecule has 5 heteroatoms. The van der Waals surface area contributed by atoms with Gasteiger partial charge in [0, 0.05) is 22.6 Å². The summed E-state index contributed by atoms with van der Waals surface area (Å²) < 4.78 is -0.0181. The number of carbonyl (C=O) groups excluding carboxylic acids is 1. The minimum absolute atomic E-state index is 0.0181. The highest BCUT2D eigenvalue weighted by Gasteiger charge is 2.09. The van der Waals surface area contributed by atoms with Crippen LogP contribution in [0.3, 0.4) is 0 Å². The SMILES string of the molecule is O=C(I)c1ccccc1-n1nccn1. The summed E-state index contributed by atoms with van der Waals surface area (Å²) in [7, 11) is 0. The molecule has 1 aromatic heterocycles. The van der Waals surface area contributed by atoms with Crippen molar-refractivity contribution in [2.75, 3.05) is 0 Å². The largest absolute Gasteiger partial charge is 0.282 e. The van der Waals surface area contributed by atoms with Crippen molar-refractivity contribution < 1.29 is 4.79 Å². The first-order valence-electron chi connectivity index (χ1n) is 3.94. The number of aromatic nitrogens is 3. The highest BCUT2D eigenvalue weighted by atomic mass is 127. The number of hydrogen-bond donors (Lipinski definition) is 0. The molecule has 0 atom stereocenters. The number of benzene rings is 1. The van der Waals surface area contributed by atoms with E-state index in [4.69, 9.17) is 0 Å². The standard InChI is InChI=1S/C9H6IN3O/c10-9(14)7-3-1-2-4-8(7)13-11-5-6-12-13/h1-6H. The lowest BCUT2D eigenvalue weighted by molar-refractivity contribution is 0.110. The van der Waals surface area contributed by atoms with Gasteiger partial charge in [0.2, 0.25) is 3.79 Å². The molecule has 0 fully saturated rings. The Hall–Kier alpha value is -1.24. The van der Waals surface area contributed by atoms with Crippen LogP contribution in [0.25, 0.3) is 5.69 Å². The summed E-state index contributed by atoms with van der Waals surface area (Å²) in [6, 6.07) is 7.24. The van der Waals surface area contributed by atoms with Gasteiger partial charge in [-0.1, -0.05) is 12.1 Å². The summed E-state index contributed by atoms with van der Waals surface area (Å²) >= 11 is 1.75. The van der Waals surface area contributed by atoms with Gasteiger partial charge in [-0.15, -0.1) is 0 Å². The first kappa shape index (κ1) is 9.32. The number of carbonyl (C=O) groups is 1. The number of nitrogens with zero attached hydrogens (tertiary/aromatic N) is 3. The van der Waals surface area contributed by atoms with Crippen LogP contribution in [0.4, 0.5) is 0 Å². The lowest BCUT2D eigenvalue weighted by atomic mass is 10.2. The van der Waals surface area contributed by atoms with Crippen LogP contribution in [0.1, 0.15) is 10.4 Å². The second-order valence-corrected chi connectivity index (χ2v) is 3.59. The Morgan fingerprint density at radius 3 is 2.50 bits per heavy atom. The Labute approximate surface area is 94.1 Å². The third-order valence-electron chi connectivity index (χ3n) is 1.75. The minimum Gasteiger partial charge on any atom is -0.282 e. The van der Waals surface area contributed by atoms with Crippen molar-refractivity contribution >= 4 is 26.4 Å². The van der Waals surface area contributed by atoms with Gasteiger partial charge < -0.3 is 0 Å². The molecule has 0 bridgehead atoms. The molecule has 0 amide bonds. The molecule has 0 saturated heterocycles. The van der Waals surface area contributed by atoms with Crippen LogP contribution < -0.4 is 0 Å². The lowest BCUT2D eigenvalue weighted by Crippen LogP contribution is -2.04.